The molecule has 1 aromatic carbocycles. The summed E-state index contributed by atoms with van der Waals surface area (Å²) in [7, 11) is 0. The highest BCUT2D eigenvalue weighted by atomic mass is 35.5. The summed E-state index contributed by atoms with van der Waals surface area (Å²) in [6, 6.07) is 7.45. The van der Waals surface area contributed by atoms with Crippen molar-refractivity contribution in [3.63, 3.8) is 0 Å². The predicted octanol–water partition coefficient (Wildman–Crippen LogP) is 2.55. The molecule has 0 aliphatic carbocycles. The van der Waals surface area contributed by atoms with Crippen LogP contribution < -0.4 is 0 Å². The third-order valence-electron chi connectivity index (χ3n) is 1.71. The molecule has 0 radical (unpaired) electrons. The van der Waals surface area contributed by atoms with E-state index in [1.165, 1.54) is 0 Å². The number of hydrogen-bond donors (Lipinski definition) is 0. The van der Waals surface area contributed by atoms with Crippen LogP contribution in [0.15, 0.2) is 22.6 Å². The zero-order chi connectivity index (χ0) is 9.26. The minimum atomic E-state index is 0.129. The Hall–Kier alpha value is -1.53. The number of rotatable bonds is 1. The lowest BCUT2D eigenvalue weighted by molar-refractivity contribution is 0.604. The quantitative estimate of drug-likeness (QED) is 0.698. The molecule has 0 unspecified atom stereocenters. The van der Waals surface area contributed by atoms with Gasteiger partial charge in [-0.15, -0.1) is 0 Å². The number of oxazole rings is 1. The van der Waals surface area contributed by atoms with E-state index < -0.39 is 0 Å². The summed E-state index contributed by atoms with van der Waals surface area (Å²) >= 11 is 5.57. The van der Waals surface area contributed by atoms with Gasteiger partial charge in [-0.1, -0.05) is 6.07 Å². The Bertz CT molecular complexity index is 484. The smallest absolute Gasteiger partial charge is 0.293 e. The topological polar surface area (TPSA) is 49.8 Å². The molecule has 2 rings (SSSR count). The molecule has 0 saturated carbocycles. The second-order valence-electron chi connectivity index (χ2n) is 2.60. The number of hydrogen-bond acceptors (Lipinski definition) is 3. The van der Waals surface area contributed by atoms with E-state index in [0.717, 1.165) is 5.56 Å². The molecular formula is C9H5ClN2O. The molecule has 1 heterocycles. The third-order valence-corrected chi connectivity index (χ3v) is 1.87. The summed E-state index contributed by atoms with van der Waals surface area (Å²) in [4.78, 5) is 3.95. The Morgan fingerprint density at radius 1 is 1.54 bits per heavy atom. The lowest BCUT2D eigenvalue weighted by atomic mass is 10.1. The van der Waals surface area contributed by atoms with Gasteiger partial charge in [0, 0.05) is 0 Å². The molecule has 0 bridgehead atoms. The second kappa shape index (κ2) is 3.08. The maximum absolute atomic E-state index is 8.48. The van der Waals surface area contributed by atoms with E-state index in [4.69, 9.17) is 21.3 Å². The van der Waals surface area contributed by atoms with E-state index in [-0.39, 0.29) is 5.35 Å². The monoisotopic (exact) mass is 192 g/mol. The van der Waals surface area contributed by atoms with Gasteiger partial charge < -0.3 is 4.42 Å². The van der Waals surface area contributed by atoms with Crippen molar-refractivity contribution in [1.82, 2.24) is 4.98 Å². The van der Waals surface area contributed by atoms with Gasteiger partial charge in [-0.3, -0.25) is 0 Å². The van der Waals surface area contributed by atoms with Crippen LogP contribution >= 0.6 is 11.6 Å². The van der Waals surface area contributed by atoms with Crippen molar-refractivity contribution in [2.75, 3.05) is 0 Å². The summed E-state index contributed by atoms with van der Waals surface area (Å²) in [5.74, 6) is 0. The number of nitrogens with zero attached hydrogens (tertiary/aromatic N) is 2. The molecule has 0 atom stereocenters. The highest BCUT2D eigenvalue weighted by Crippen LogP contribution is 2.19. The van der Waals surface area contributed by atoms with Crippen molar-refractivity contribution in [3.8, 4) is 6.07 Å². The fourth-order valence-corrected chi connectivity index (χ4v) is 1.32. The number of fused-ring (bicyclic) bond motifs is 1. The van der Waals surface area contributed by atoms with E-state index in [9.17, 15) is 0 Å². The van der Waals surface area contributed by atoms with Crippen molar-refractivity contribution in [3.05, 3.63) is 29.1 Å². The van der Waals surface area contributed by atoms with Gasteiger partial charge >= 0.3 is 0 Å². The van der Waals surface area contributed by atoms with Gasteiger partial charge in [0.05, 0.1) is 12.5 Å². The van der Waals surface area contributed by atoms with Crippen LogP contribution in [-0.4, -0.2) is 4.98 Å². The van der Waals surface area contributed by atoms with Crippen LogP contribution in [0.5, 0.6) is 0 Å². The first-order valence-corrected chi connectivity index (χ1v) is 4.09. The Balaban J connectivity index is 2.56. The maximum atomic E-state index is 8.48. The first-order chi connectivity index (χ1) is 6.29. The van der Waals surface area contributed by atoms with E-state index in [1.807, 2.05) is 6.07 Å². The van der Waals surface area contributed by atoms with Crippen molar-refractivity contribution < 1.29 is 4.42 Å². The molecule has 2 aromatic rings. The first-order valence-electron chi connectivity index (χ1n) is 3.71. The largest absolute Gasteiger partial charge is 0.428 e. The zero-order valence-corrected chi connectivity index (χ0v) is 7.38. The molecule has 0 saturated heterocycles. The molecule has 64 valence electrons. The molecule has 0 aliphatic rings. The lowest BCUT2D eigenvalue weighted by Crippen LogP contribution is -1.79. The zero-order valence-electron chi connectivity index (χ0n) is 6.62. The molecule has 0 spiro atoms. The number of nitriles is 1. The molecule has 3 nitrogen and oxygen atoms in total. The minimum Gasteiger partial charge on any atom is -0.428 e. The van der Waals surface area contributed by atoms with Gasteiger partial charge in [0.25, 0.3) is 5.35 Å². The summed E-state index contributed by atoms with van der Waals surface area (Å²) in [5.41, 5.74) is 2.25. The van der Waals surface area contributed by atoms with Gasteiger partial charge in [-0.25, -0.2) is 0 Å². The standard InChI is InChI=1S/C9H5ClN2O/c10-9-12-7-5-6(3-4-11)1-2-8(7)13-9/h1-2,5H,3H2. The number of halogens is 1. The van der Waals surface area contributed by atoms with Gasteiger partial charge in [0.2, 0.25) is 0 Å². The second-order valence-corrected chi connectivity index (χ2v) is 2.93. The van der Waals surface area contributed by atoms with Crippen LogP contribution in [-0.2, 0) is 6.42 Å². The summed E-state index contributed by atoms with van der Waals surface area (Å²) < 4.78 is 5.07. The van der Waals surface area contributed by atoms with Crippen molar-refractivity contribution in [2.24, 2.45) is 0 Å². The van der Waals surface area contributed by atoms with Gasteiger partial charge in [-0.05, 0) is 29.3 Å². The molecular weight excluding hydrogens is 188 g/mol. The van der Waals surface area contributed by atoms with Crippen LogP contribution in [0.2, 0.25) is 5.35 Å². The molecule has 0 amide bonds. The molecule has 0 fully saturated rings. The van der Waals surface area contributed by atoms with Crippen molar-refractivity contribution in [1.29, 1.82) is 5.26 Å². The summed E-state index contributed by atoms with van der Waals surface area (Å²) in [6.45, 7) is 0. The maximum Gasteiger partial charge on any atom is 0.293 e. The van der Waals surface area contributed by atoms with E-state index in [2.05, 4.69) is 11.1 Å². The third kappa shape index (κ3) is 1.49. The first kappa shape index (κ1) is 8.09. The fraction of sp³-hybridized carbons (Fsp3) is 0.111. The van der Waals surface area contributed by atoms with E-state index in [0.29, 0.717) is 17.5 Å². The van der Waals surface area contributed by atoms with Gasteiger partial charge in [-0.2, -0.15) is 10.2 Å². The molecule has 0 N–H and O–H groups in total. The Morgan fingerprint density at radius 2 is 2.38 bits per heavy atom. The van der Waals surface area contributed by atoms with Gasteiger partial charge in [0.1, 0.15) is 5.52 Å². The predicted molar refractivity (Wildman–Crippen MR) is 48.3 cm³/mol. The van der Waals surface area contributed by atoms with E-state index >= 15 is 0 Å². The highest BCUT2D eigenvalue weighted by molar-refractivity contribution is 6.28. The minimum absolute atomic E-state index is 0.129. The number of benzene rings is 1. The Morgan fingerprint density at radius 3 is 3.15 bits per heavy atom. The average molecular weight is 193 g/mol. The fourth-order valence-electron chi connectivity index (χ4n) is 1.15. The molecule has 0 aliphatic heterocycles. The SMILES string of the molecule is N#CCc1ccc2oc(Cl)nc2c1. The van der Waals surface area contributed by atoms with Crippen LogP contribution in [0.4, 0.5) is 0 Å². The van der Waals surface area contributed by atoms with Crippen LogP contribution in [0.25, 0.3) is 11.1 Å². The molecule has 1 aromatic heterocycles. The normalized spacial score (nSPS) is 10.2. The van der Waals surface area contributed by atoms with Crippen molar-refractivity contribution in [2.45, 2.75) is 6.42 Å². The summed E-state index contributed by atoms with van der Waals surface area (Å²) in [5, 5.41) is 8.61. The van der Waals surface area contributed by atoms with Crippen LogP contribution in [0.3, 0.4) is 0 Å². The number of aromatic nitrogens is 1. The molecule has 13 heavy (non-hydrogen) atoms. The summed E-state index contributed by atoms with van der Waals surface area (Å²) in [6.07, 6.45) is 0.375. The highest BCUT2D eigenvalue weighted by Gasteiger charge is 2.03. The Kier molecular flexibility index (Phi) is 1.91. The van der Waals surface area contributed by atoms with Crippen LogP contribution in [0, 0.1) is 11.3 Å². The lowest BCUT2D eigenvalue weighted by Gasteiger charge is -1.91. The van der Waals surface area contributed by atoms with Crippen molar-refractivity contribution >= 4 is 22.7 Å². The molecule has 4 heteroatoms. The Labute approximate surface area is 79.6 Å². The average Bonchev–Trinajstić information content (AvgIpc) is 2.44. The van der Waals surface area contributed by atoms with Crippen LogP contribution in [0.1, 0.15) is 5.56 Å². The van der Waals surface area contributed by atoms with E-state index in [1.54, 1.807) is 12.1 Å². The van der Waals surface area contributed by atoms with Gasteiger partial charge in [0.15, 0.2) is 5.58 Å².